The predicted octanol–water partition coefficient (Wildman–Crippen LogP) is 1.91. The van der Waals surface area contributed by atoms with Crippen molar-refractivity contribution >= 4 is 5.78 Å². The Bertz CT molecular complexity index is 215. The predicted molar refractivity (Wildman–Crippen MR) is 29.8 cm³/mol. The van der Waals surface area contributed by atoms with E-state index in [9.17, 15) is 35.6 Å². The molecule has 0 aromatic rings. The first-order valence-corrected chi connectivity index (χ1v) is 3.03. The molecule has 0 saturated heterocycles. The molecule has 0 aliphatic heterocycles. The molecule has 0 aliphatic carbocycles. The number of hydrogen-bond acceptors (Lipinski definition) is 2. The maximum atomic E-state index is 11.9. The molecular weight excluding hydrogens is 223 g/mol. The zero-order valence-corrected chi connectivity index (χ0v) is 6.55. The summed E-state index contributed by atoms with van der Waals surface area (Å²) in [6.45, 7) is -0.00639. The summed E-state index contributed by atoms with van der Waals surface area (Å²) in [6, 6.07) is 0. The van der Waals surface area contributed by atoms with Gasteiger partial charge in [0.15, 0.2) is 5.78 Å². The molecule has 0 aliphatic rings. The molecule has 2 nitrogen and oxygen atoms in total. The lowest BCUT2D eigenvalue weighted by Gasteiger charge is -2.32. The van der Waals surface area contributed by atoms with Gasteiger partial charge in [-0.1, -0.05) is 0 Å². The number of halogens is 7. The molecule has 0 radical (unpaired) electrons. The number of carbonyl (C=O) groups is 1. The summed E-state index contributed by atoms with van der Waals surface area (Å²) < 4.78 is 82.9. The second-order valence-corrected chi connectivity index (χ2v) is 2.40. The molecule has 0 heterocycles. The molecule has 0 saturated carbocycles. The lowest BCUT2D eigenvalue weighted by molar-refractivity contribution is -0.305. The van der Waals surface area contributed by atoms with Crippen molar-refractivity contribution in [2.75, 3.05) is 0 Å². The molecule has 0 unspecified atom stereocenters. The monoisotopic (exact) mass is 227 g/mol. The second kappa shape index (κ2) is 3.37. The molecule has 84 valence electrons. The highest BCUT2D eigenvalue weighted by Gasteiger charge is 2.75. The van der Waals surface area contributed by atoms with Gasteiger partial charge in [-0.15, -0.1) is 10.0 Å². The Morgan fingerprint density at radius 1 is 1.00 bits per heavy atom. The minimum Gasteiger partial charge on any atom is -0.297 e. The van der Waals surface area contributed by atoms with E-state index >= 15 is 0 Å². The van der Waals surface area contributed by atoms with Gasteiger partial charge in [0.2, 0.25) is 0 Å². The van der Waals surface area contributed by atoms with Crippen LogP contribution in [0.25, 0.3) is 0 Å². The molecule has 9 heteroatoms. The maximum absolute atomic E-state index is 11.9. The Labute approximate surface area is 73.0 Å². The van der Waals surface area contributed by atoms with Gasteiger partial charge in [-0.05, 0) is 6.92 Å². The Morgan fingerprint density at radius 2 is 1.29 bits per heavy atom. The third-order valence-electron chi connectivity index (χ3n) is 1.52. The second-order valence-electron chi connectivity index (χ2n) is 2.40. The Morgan fingerprint density at radius 3 is 1.29 bits per heavy atom. The van der Waals surface area contributed by atoms with Crippen molar-refractivity contribution in [3.63, 3.8) is 0 Å². The molecular formula is C5H4F7NO. The summed E-state index contributed by atoms with van der Waals surface area (Å²) in [4.78, 5) is 10.2. The van der Waals surface area contributed by atoms with Crippen LogP contribution in [0.15, 0.2) is 0 Å². The van der Waals surface area contributed by atoms with Crippen molar-refractivity contribution in [1.29, 1.82) is 0 Å². The molecule has 0 fully saturated rings. The average molecular weight is 227 g/mol. The number of rotatable bonds is 2. The van der Waals surface area contributed by atoms with Gasteiger partial charge < -0.3 is 0 Å². The fraction of sp³-hybridized carbons (Fsp3) is 0.800. The first-order valence-electron chi connectivity index (χ1n) is 3.03. The first-order chi connectivity index (χ1) is 6.00. The van der Waals surface area contributed by atoms with Crippen LogP contribution in [0, 0.1) is 0 Å². The third kappa shape index (κ3) is 1.68. The van der Waals surface area contributed by atoms with E-state index in [1.807, 2.05) is 0 Å². The molecule has 0 rings (SSSR count). The largest absolute Gasteiger partial charge is 0.425 e. The summed E-state index contributed by atoms with van der Waals surface area (Å²) in [6.07, 6.45) is -12.2. The molecule has 0 bridgehead atoms. The highest BCUT2D eigenvalue weighted by atomic mass is 19.4. The van der Waals surface area contributed by atoms with Crippen LogP contribution in [0.3, 0.4) is 0 Å². The van der Waals surface area contributed by atoms with Gasteiger partial charge in [0.25, 0.3) is 5.54 Å². The highest BCUT2D eigenvalue weighted by Crippen LogP contribution is 2.43. The van der Waals surface area contributed by atoms with Crippen LogP contribution in [-0.4, -0.2) is 23.7 Å². The number of nitrogens with one attached hydrogen (secondary N) is 1. The van der Waals surface area contributed by atoms with Gasteiger partial charge in [0, 0.05) is 0 Å². The van der Waals surface area contributed by atoms with Crippen molar-refractivity contribution < 1.29 is 35.6 Å². The molecule has 0 spiro atoms. The minimum atomic E-state index is -6.09. The van der Waals surface area contributed by atoms with E-state index in [0.29, 0.717) is 0 Å². The number of hydrogen-bond donors (Lipinski definition) is 1. The van der Waals surface area contributed by atoms with Crippen LogP contribution in [0.4, 0.5) is 30.8 Å². The van der Waals surface area contributed by atoms with Crippen LogP contribution in [0.1, 0.15) is 6.92 Å². The SMILES string of the molecule is CC(=O)C(NF)(C(F)(F)F)C(F)(F)F. The normalized spacial score (nSPS) is 14.3. The molecule has 14 heavy (non-hydrogen) atoms. The average Bonchev–Trinajstić information content (AvgIpc) is 1.80. The summed E-state index contributed by atoms with van der Waals surface area (Å²) >= 11 is 0. The van der Waals surface area contributed by atoms with Crippen LogP contribution < -0.4 is 5.54 Å². The van der Waals surface area contributed by atoms with Gasteiger partial charge in [-0.2, -0.15) is 26.3 Å². The van der Waals surface area contributed by atoms with Crippen LogP contribution in [-0.2, 0) is 4.79 Å². The van der Waals surface area contributed by atoms with Gasteiger partial charge in [-0.3, -0.25) is 4.79 Å². The van der Waals surface area contributed by atoms with Gasteiger partial charge in [0.05, 0.1) is 0 Å². The van der Waals surface area contributed by atoms with E-state index in [1.165, 1.54) is 0 Å². The van der Waals surface area contributed by atoms with E-state index in [4.69, 9.17) is 0 Å². The summed E-state index contributed by atoms with van der Waals surface area (Å²) in [5, 5.41) is 0. The topological polar surface area (TPSA) is 29.1 Å². The van der Waals surface area contributed by atoms with E-state index in [-0.39, 0.29) is 6.92 Å². The summed E-state index contributed by atoms with van der Waals surface area (Å²) in [5.74, 6) is -2.42. The lowest BCUT2D eigenvalue weighted by atomic mass is 9.94. The molecule has 0 aromatic heterocycles. The van der Waals surface area contributed by atoms with E-state index in [2.05, 4.69) is 0 Å². The van der Waals surface area contributed by atoms with Crippen LogP contribution >= 0.6 is 0 Å². The van der Waals surface area contributed by atoms with Gasteiger partial charge in [-0.25, -0.2) is 0 Å². The van der Waals surface area contributed by atoms with Crippen molar-refractivity contribution in [2.45, 2.75) is 24.8 Å². The fourth-order valence-corrected chi connectivity index (χ4v) is 0.734. The molecule has 1 N–H and O–H groups in total. The van der Waals surface area contributed by atoms with E-state index < -0.39 is 29.2 Å². The Hall–Kier alpha value is -0.860. The third-order valence-corrected chi connectivity index (χ3v) is 1.52. The smallest absolute Gasteiger partial charge is 0.297 e. The van der Waals surface area contributed by atoms with E-state index in [1.54, 1.807) is 0 Å². The Balaban J connectivity index is 5.58. The lowest BCUT2D eigenvalue weighted by Crippen LogP contribution is -2.68. The van der Waals surface area contributed by atoms with Crippen molar-refractivity contribution in [3.05, 3.63) is 0 Å². The van der Waals surface area contributed by atoms with Crippen LogP contribution in [0.2, 0.25) is 0 Å². The molecule has 0 aromatic carbocycles. The van der Waals surface area contributed by atoms with E-state index in [0.717, 1.165) is 0 Å². The number of ketones is 1. The zero-order chi connectivity index (χ0) is 11.8. The molecule has 0 amide bonds. The van der Waals surface area contributed by atoms with Crippen molar-refractivity contribution in [3.8, 4) is 0 Å². The fourth-order valence-electron chi connectivity index (χ4n) is 0.734. The summed E-state index contributed by atoms with van der Waals surface area (Å²) in [7, 11) is 0. The number of Topliss-reactive ketones (excluding diaryl/α,β-unsaturated/α-hetero) is 1. The number of alkyl halides is 6. The van der Waals surface area contributed by atoms with Crippen LogP contribution in [0.5, 0.6) is 0 Å². The number of carbonyl (C=O) groups excluding carboxylic acids is 1. The minimum absolute atomic E-state index is 0.00639. The maximum Gasteiger partial charge on any atom is 0.425 e. The zero-order valence-electron chi connectivity index (χ0n) is 6.55. The quantitative estimate of drug-likeness (QED) is 0.576. The van der Waals surface area contributed by atoms with Crippen molar-refractivity contribution in [2.24, 2.45) is 0 Å². The first kappa shape index (κ1) is 13.1. The molecule has 0 atom stereocenters. The van der Waals surface area contributed by atoms with Crippen molar-refractivity contribution in [1.82, 2.24) is 5.54 Å². The van der Waals surface area contributed by atoms with Gasteiger partial charge in [0.1, 0.15) is 0 Å². The van der Waals surface area contributed by atoms with Gasteiger partial charge >= 0.3 is 12.4 Å². The Kier molecular flexibility index (Phi) is 3.16. The summed E-state index contributed by atoms with van der Waals surface area (Å²) in [5.41, 5.74) is -5.64. The highest BCUT2D eigenvalue weighted by molar-refractivity contribution is 5.88. The standard InChI is InChI=1S/C5H4F7NO/c1-2(14)3(13-12,4(6,7)8)5(9,10)11/h13H,1H3.